The number of hydrogen-bond donors (Lipinski definition) is 0. The Hall–Kier alpha value is -5.00. The standard InChI is InChI=1S/C31H22NO.C14H15FNSi.Ir/c1-3-9-22(10-4-1)17-25-20-29(32-21-26(25)18-23-11-5-2-6-12-23)24-15-16-31-28(19-24)27-13-7-8-14-30(27)33-31;1-17(2,3)13-8-9-14(16-10-13)11-4-6-12(15)7-5-11;/h1-14,16,19-21H,17-18H2;4,6-10H,1-3H3;/q2*-1;. The zero-order valence-corrected chi connectivity index (χ0v) is 32.2. The number of para-hydroxylation sites is 1. The van der Waals surface area contributed by atoms with Crippen molar-refractivity contribution >= 4 is 35.2 Å². The molecule has 0 aliphatic rings. The minimum atomic E-state index is -1.30. The maximum absolute atomic E-state index is 12.8. The SMILES string of the molecule is C[Si](C)(C)c1ccc(-c2[c-]cc(F)cc2)nc1.[Ir].[c-]1cc2oc3ccccc3c2cc1-c1cc(Cc2ccccc2)c(Cc2ccccc2)cn1. The second kappa shape index (κ2) is 15.9. The Morgan fingerprint density at radius 3 is 1.88 bits per heavy atom. The molecule has 0 fully saturated rings. The molecule has 255 valence electrons. The van der Waals surface area contributed by atoms with Gasteiger partial charge in [0.05, 0.1) is 13.7 Å². The molecular weight excluding hydrogens is 824 g/mol. The van der Waals surface area contributed by atoms with Gasteiger partial charge in [0.25, 0.3) is 0 Å². The first kappa shape index (κ1) is 35.8. The van der Waals surface area contributed by atoms with Crippen molar-refractivity contribution in [3.8, 4) is 22.5 Å². The quantitative estimate of drug-likeness (QED) is 0.118. The molecule has 3 nitrogen and oxygen atoms in total. The van der Waals surface area contributed by atoms with Crippen LogP contribution in [0.25, 0.3) is 44.5 Å². The molecule has 0 aliphatic carbocycles. The Labute approximate surface area is 313 Å². The van der Waals surface area contributed by atoms with Gasteiger partial charge in [-0.05, 0) is 57.7 Å². The number of nitrogens with zero attached hydrogens (tertiary/aromatic N) is 2. The molecule has 0 saturated heterocycles. The zero-order valence-electron chi connectivity index (χ0n) is 28.8. The van der Waals surface area contributed by atoms with Crippen LogP contribution in [0.2, 0.25) is 19.6 Å². The van der Waals surface area contributed by atoms with Crippen molar-refractivity contribution in [2.45, 2.75) is 32.5 Å². The molecule has 3 heterocycles. The third-order valence-electron chi connectivity index (χ3n) is 8.82. The van der Waals surface area contributed by atoms with Crippen LogP contribution in [0.15, 0.2) is 150 Å². The second-order valence-electron chi connectivity index (χ2n) is 13.5. The normalized spacial score (nSPS) is 11.1. The first-order chi connectivity index (χ1) is 24.3. The van der Waals surface area contributed by atoms with E-state index in [0.717, 1.165) is 57.3 Å². The van der Waals surface area contributed by atoms with E-state index < -0.39 is 8.07 Å². The molecular formula is C45H37FIrN2OSi-2. The van der Waals surface area contributed by atoms with Crippen molar-refractivity contribution in [1.82, 2.24) is 9.97 Å². The van der Waals surface area contributed by atoms with E-state index in [9.17, 15) is 4.39 Å². The summed E-state index contributed by atoms with van der Waals surface area (Å²) in [5, 5.41) is 3.54. The summed E-state index contributed by atoms with van der Waals surface area (Å²) in [6.45, 7) is 6.86. The molecule has 0 amide bonds. The van der Waals surface area contributed by atoms with E-state index in [1.807, 2.05) is 42.7 Å². The Bertz CT molecular complexity index is 2350. The number of halogens is 1. The van der Waals surface area contributed by atoms with Gasteiger partial charge in [0.15, 0.2) is 0 Å². The maximum Gasteiger partial charge on any atom is 0.120 e. The Kier molecular flexibility index (Phi) is 11.2. The molecule has 8 aromatic rings. The largest absolute Gasteiger partial charge is 0.500 e. The third kappa shape index (κ3) is 8.66. The molecule has 0 bridgehead atoms. The van der Waals surface area contributed by atoms with Gasteiger partial charge in [-0.1, -0.05) is 122 Å². The van der Waals surface area contributed by atoms with Crippen LogP contribution >= 0.6 is 0 Å². The summed E-state index contributed by atoms with van der Waals surface area (Å²) in [6.07, 6.45) is 5.70. The number of pyridine rings is 2. The Morgan fingerprint density at radius 2 is 1.24 bits per heavy atom. The number of furan rings is 1. The van der Waals surface area contributed by atoms with Crippen molar-refractivity contribution in [3.05, 3.63) is 186 Å². The fourth-order valence-corrected chi connectivity index (χ4v) is 7.04. The van der Waals surface area contributed by atoms with Crippen molar-refractivity contribution in [2.24, 2.45) is 0 Å². The van der Waals surface area contributed by atoms with E-state index in [2.05, 4.69) is 122 Å². The summed E-state index contributed by atoms with van der Waals surface area (Å²) in [7, 11) is -1.30. The van der Waals surface area contributed by atoms with Crippen molar-refractivity contribution in [2.75, 3.05) is 0 Å². The monoisotopic (exact) mass is 861 g/mol. The van der Waals surface area contributed by atoms with Gasteiger partial charge in [-0.15, -0.1) is 53.6 Å². The molecule has 0 N–H and O–H groups in total. The molecule has 3 aromatic heterocycles. The number of fused-ring (bicyclic) bond motifs is 3. The van der Waals surface area contributed by atoms with Gasteiger partial charge in [0.1, 0.15) is 5.58 Å². The van der Waals surface area contributed by atoms with Crippen LogP contribution in [0.3, 0.4) is 0 Å². The number of hydrogen-bond acceptors (Lipinski definition) is 3. The van der Waals surface area contributed by atoms with E-state index in [-0.39, 0.29) is 25.9 Å². The van der Waals surface area contributed by atoms with Crippen LogP contribution in [0.4, 0.5) is 4.39 Å². The minimum Gasteiger partial charge on any atom is -0.500 e. The van der Waals surface area contributed by atoms with Crippen molar-refractivity contribution in [1.29, 1.82) is 0 Å². The first-order valence-electron chi connectivity index (χ1n) is 16.8. The fraction of sp³-hybridized carbons (Fsp3) is 0.111. The van der Waals surface area contributed by atoms with Gasteiger partial charge in [0.2, 0.25) is 0 Å². The van der Waals surface area contributed by atoms with E-state index in [1.54, 1.807) is 6.07 Å². The summed E-state index contributed by atoms with van der Waals surface area (Å²) >= 11 is 0. The summed E-state index contributed by atoms with van der Waals surface area (Å²) in [5.41, 5.74) is 10.5. The molecule has 8 rings (SSSR count). The molecule has 0 spiro atoms. The van der Waals surface area contributed by atoms with Crippen LogP contribution in [-0.2, 0) is 32.9 Å². The minimum absolute atomic E-state index is 0. The van der Waals surface area contributed by atoms with Gasteiger partial charge in [-0.25, -0.2) is 0 Å². The van der Waals surface area contributed by atoms with Gasteiger partial charge in [-0.2, -0.15) is 0 Å². The average Bonchev–Trinajstić information content (AvgIpc) is 3.52. The van der Waals surface area contributed by atoms with Crippen molar-refractivity contribution < 1.29 is 28.9 Å². The summed E-state index contributed by atoms with van der Waals surface area (Å²) < 4.78 is 18.8. The molecule has 0 unspecified atom stereocenters. The summed E-state index contributed by atoms with van der Waals surface area (Å²) in [6, 6.07) is 50.5. The zero-order chi connectivity index (χ0) is 34.5. The maximum atomic E-state index is 12.8. The van der Waals surface area contributed by atoms with E-state index in [1.165, 1.54) is 39.6 Å². The topological polar surface area (TPSA) is 38.9 Å². The molecule has 5 aromatic carbocycles. The van der Waals surface area contributed by atoms with Gasteiger partial charge < -0.3 is 14.4 Å². The molecule has 6 heteroatoms. The van der Waals surface area contributed by atoms with Crippen LogP contribution in [-0.4, -0.2) is 18.0 Å². The van der Waals surface area contributed by atoms with Crippen LogP contribution in [0.5, 0.6) is 0 Å². The van der Waals surface area contributed by atoms with Crippen molar-refractivity contribution in [3.63, 3.8) is 0 Å². The third-order valence-corrected chi connectivity index (χ3v) is 10.9. The van der Waals surface area contributed by atoms with E-state index >= 15 is 0 Å². The Morgan fingerprint density at radius 1 is 0.588 bits per heavy atom. The summed E-state index contributed by atoms with van der Waals surface area (Å²) in [4.78, 5) is 9.28. The molecule has 51 heavy (non-hydrogen) atoms. The van der Waals surface area contributed by atoms with Crippen LogP contribution in [0, 0.1) is 17.9 Å². The van der Waals surface area contributed by atoms with Gasteiger partial charge in [-0.3, -0.25) is 4.39 Å². The molecule has 0 atom stereocenters. The number of benzene rings is 5. The smallest absolute Gasteiger partial charge is 0.120 e. The Balaban J connectivity index is 0.000000211. The predicted molar refractivity (Wildman–Crippen MR) is 206 cm³/mol. The fourth-order valence-electron chi connectivity index (χ4n) is 6.01. The summed E-state index contributed by atoms with van der Waals surface area (Å²) in [5.74, 6) is -0.271. The molecule has 0 saturated carbocycles. The van der Waals surface area contributed by atoms with Gasteiger partial charge in [0, 0.05) is 43.7 Å². The predicted octanol–water partition coefficient (Wildman–Crippen LogP) is 10.9. The van der Waals surface area contributed by atoms with Crippen LogP contribution < -0.4 is 5.19 Å². The molecule has 0 aliphatic heterocycles. The number of aromatic nitrogens is 2. The average molecular weight is 861 g/mol. The van der Waals surface area contributed by atoms with Gasteiger partial charge >= 0.3 is 0 Å². The van der Waals surface area contributed by atoms with E-state index in [0.29, 0.717) is 0 Å². The van der Waals surface area contributed by atoms with Crippen LogP contribution in [0.1, 0.15) is 22.3 Å². The number of rotatable bonds is 7. The van der Waals surface area contributed by atoms with E-state index in [4.69, 9.17) is 9.40 Å². The second-order valence-corrected chi connectivity index (χ2v) is 18.6. The molecule has 1 radical (unpaired) electrons. The first-order valence-corrected chi connectivity index (χ1v) is 20.3.